The number of hydrogen-bond donors (Lipinski definition) is 1. The normalized spacial score (nSPS) is 11.9. The van der Waals surface area contributed by atoms with Crippen LogP contribution < -0.4 is 5.32 Å². The predicted molar refractivity (Wildman–Crippen MR) is 70.2 cm³/mol. The fourth-order valence-corrected chi connectivity index (χ4v) is 1.80. The monoisotopic (exact) mass is 269 g/mol. The van der Waals surface area contributed by atoms with Gasteiger partial charge in [0, 0.05) is 16.6 Å². The molecule has 0 unspecified atom stereocenters. The minimum absolute atomic E-state index is 0.170. The van der Waals surface area contributed by atoms with Gasteiger partial charge in [-0.25, -0.2) is 0 Å². The first-order valence-corrected chi connectivity index (χ1v) is 6.10. The summed E-state index contributed by atoms with van der Waals surface area (Å²) in [6, 6.07) is 4.37. The van der Waals surface area contributed by atoms with Gasteiger partial charge < -0.3 is 5.32 Å². The van der Waals surface area contributed by atoms with Crippen molar-refractivity contribution in [2.24, 2.45) is 0 Å². The lowest BCUT2D eigenvalue weighted by atomic mass is 10.0. The van der Waals surface area contributed by atoms with Crippen LogP contribution in [0.3, 0.4) is 0 Å². The highest BCUT2D eigenvalue weighted by Gasteiger charge is 2.10. The van der Waals surface area contributed by atoms with Gasteiger partial charge in [-0.3, -0.25) is 0 Å². The van der Waals surface area contributed by atoms with Gasteiger partial charge in [0.15, 0.2) is 0 Å². The summed E-state index contributed by atoms with van der Waals surface area (Å²) in [7, 11) is 0. The van der Waals surface area contributed by atoms with Crippen LogP contribution in [0.2, 0.25) is 0 Å². The Morgan fingerprint density at radius 3 is 2.33 bits per heavy atom. The molecule has 0 amide bonds. The summed E-state index contributed by atoms with van der Waals surface area (Å²) in [5.74, 6) is 0. The molecule has 1 nitrogen and oxygen atoms in total. The highest BCUT2D eigenvalue weighted by molar-refractivity contribution is 9.10. The third kappa shape index (κ3) is 3.62. The average Bonchev–Trinajstić information content (AvgIpc) is 2.12. The lowest BCUT2D eigenvalue weighted by molar-refractivity contribution is 0.424. The van der Waals surface area contributed by atoms with Crippen LogP contribution in [0.4, 0.5) is 0 Å². The lowest BCUT2D eigenvalue weighted by Crippen LogP contribution is -2.35. The van der Waals surface area contributed by atoms with E-state index in [4.69, 9.17) is 0 Å². The molecular weight excluding hydrogens is 250 g/mol. The molecule has 2 heteroatoms. The topological polar surface area (TPSA) is 12.0 Å². The van der Waals surface area contributed by atoms with Gasteiger partial charge in [0.25, 0.3) is 0 Å². The summed E-state index contributed by atoms with van der Waals surface area (Å²) < 4.78 is 1.23. The molecule has 0 aromatic heterocycles. The van der Waals surface area contributed by atoms with Crippen LogP contribution in [-0.2, 0) is 6.54 Å². The van der Waals surface area contributed by atoms with Gasteiger partial charge in [0.1, 0.15) is 0 Å². The quantitative estimate of drug-likeness (QED) is 0.857. The van der Waals surface area contributed by atoms with E-state index in [2.05, 4.69) is 68.0 Å². The van der Waals surface area contributed by atoms with Gasteiger partial charge in [-0.15, -0.1) is 0 Å². The van der Waals surface area contributed by atoms with Gasteiger partial charge in [0.05, 0.1) is 0 Å². The van der Waals surface area contributed by atoms with Crippen molar-refractivity contribution >= 4 is 15.9 Å². The second-order valence-electron chi connectivity index (χ2n) is 5.08. The molecule has 0 fully saturated rings. The first-order valence-electron chi connectivity index (χ1n) is 5.31. The molecule has 0 bridgehead atoms. The van der Waals surface area contributed by atoms with E-state index in [1.165, 1.54) is 21.2 Å². The fraction of sp³-hybridized carbons (Fsp3) is 0.538. The Morgan fingerprint density at radius 2 is 1.80 bits per heavy atom. The Morgan fingerprint density at radius 1 is 1.20 bits per heavy atom. The summed E-state index contributed by atoms with van der Waals surface area (Å²) in [6.07, 6.45) is 0. The number of nitrogens with one attached hydrogen (secondary N) is 1. The van der Waals surface area contributed by atoms with Gasteiger partial charge in [-0.1, -0.05) is 28.1 Å². The Labute approximate surface area is 101 Å². The molecule has 84 valence electrons. The van der Waals surface area contributed by atoms with Gasteiger partial charge in [0.2, 0.25) is 0 Å². The maximum absolute atomic E-state index is 3.62. The van der Waals surface area contributed by atoms with Crippen molar-refractivity contribution in [1.82, 2.24) is 5.32 Å². The van der Waals surface area contributed by atoms with E-state index in [0.29, 0.717) is 0 Å². The predicted octanol–water partition coefficient (Wildman–Crippen LogP) is 3.95. The van der Waals surface area contributed by atoms with E-state index in [9.17, 15) is 0 Å². The standard InChI is InChI=1S/C13H20BrN/c1-9-6-7-11(10(2)12(9)14)8-15-13(3,4)5/h6-7,15H,8H2,1-5H3. The van der Waals surface area contributed by atoms with Crippen molar-refractivity contribution in [3.63, 3.8) is 0 Å². The summed E-state index contributed by atoms with van der Waals surface area (Å²) >= 11 is 3.62. The molecule has 0 aliphatic rings. The summed E-state index contributed by atoms with van der Waals surface area (Å²) in [5.41, 5.74) is 4.17. The lowest BCUT2D eigenvalue weighted by Gasteiger charge is -2.21. The van der Waals surface area contributed by atoms with E-state index < -0.39 is 0 Å². The highest BCUT2D eigenvalue weighted by atomic mass is 79.9. The van der Waals surface area contributed by atoms with E-state index in [0.717, 1.165) is 6.54 Å². The summed E-state index contributed by atoms with van der Waals surface area (Å²) in [4.78, 5) is 0. The first-order chi connectivity index (χ1) is 6.81. The summed E-state index contributed by atoms with van der Waals surface area (Å²) in [6.45, 7) is 11.8. The van der Waals surface area contributed by atoms with Crippen LogP contribution in [0, 0.1) is 13.8 Å². The van der Waals surface area contributed by atoms with Crippen LogP contribution in [0.15, 0.2) is 16.6 Å². The molecule has 0 aliphatic heterocycles. The van der Waals surface area contributed by atoms with E-state index >= 15 is 0 Å². The zero-order valence-electron chi connectivity index (χ0n) is 10.2. The van der Waals surface area contributed by atoms with Gasteiger partial charge >= 0.3 is 0 Å². The number of rotatable bonds is 2. The number of aryl methyl sites for hydroxylation is 1. The molecule has 1 aromatic rings. The van der Waals surface area contributed by atoms with Crippen LogP contribution in [0.1, 0.15) is 37.5 Å². The van der Waals surface area contributed by atoms with Crippen LogP contribution in [-0.4, -0.2) is 5.54 Å². The maximum Gasteiger partial charge on any atom is 0.0236 e. The Balaban J connectivity index is 2.83. The Kier molecular flexibility index (Phi) is 3.96. The zero-order valence-corrected chi connectivity index (χ0v) is 11.8. The Hall–Kier alpha value is -0.340. The minimum Gasteiger partial charge on any atom is -0.308 e. The molecule has 0 heterocycles. The van der Waals surface area contributed by atoms with Crippen molar-refractivity contribution in [2.75, 3.05) is 0 Å². The molecule has 0 radical (unpaired) electrons. The third-order valence-corrected chi connectivity index (χ3v) is 3.72. The third-order valence-electron chi connectivity index (χ3n) is 2.50. The average molecular weight is 270 g/mol. The van der Waals surface area contributed by atoms with Crippen LogP contribution >= 0.6 is 15.9 Å². The number of hydrogen-bond acceptors (Lipinski definition) is 1. The molecule has 0 atom stereocenters. The molecule has 15 heavy (non-hydrogen) atoms. The molecule has 1 N–H and O–H groups in total. The molecule has 1 rings (SSSR count). The van der Waals surface area contributed by atoms with E-state index in [-0.39, 0.29) is 5.54 Å². The van der Waals surface area contributed by atoms with Crippen LogP contribution in [0.25, 0.3) is 0 Å². The van der Waals surface area contributed by atoms with Gasteiger partial charge in [-0.05, 0) is 51.3 Å². The molecule has 0 saturated carbocycles. The zero-order chi connectivity index (χ0) is 11.6. The molecule has 0 saturated heterocycles. The van der Waals surface area contributed by atoms with Crippen LogP contribution in [0.5, 0.6) is 0 Å². The minimum atomic E-state index is 0.170. The number of benzene rings is 1. The van der Waals surface area contributed by atoms with E-state index in [1.54, 1.807) is 0 Å². The summed E-state index contributed by atoms with van der Waals surface area (Å²) in [5, 5.41) is 3.50. The maximum atomic E-state index is 3.62. The Bertz CT molecular complexity index is 350. The first kappa shape index (κ1) is 12.7. The van der Waals surface area contributed by atoms with Crippen molar-refractivity contribution in [1.29, 1.82) is 0 Å². The fourth-order valence-electron chi connectivity index (χ4n) is 1.41. The van der Waals surface area contributed by atoms with E-state index in [1.807, 2.05) is 0 Å². The van der Waals surface area contributed by atoms with Crippen molar-refractivity contribution in [3.8, 4) is 0 Å². The molecular formula is C13H20BrN. The largest absolute Gasteiger partial charge is 0.308 e. The molecule has 0 aliphatic carbocycles. The van der Waals surface area contributed by atoms with Gasteiger partial charge in [-0.2, -0.15) is 0 Å². The SMILES string of the molecule is Cc1ccc(CNC(C)(C)C)c(C)c1Br. The smallest absolute Gasteiger partial charge is 0.0236 e. The molecule has 1 aromatic carbocycles. The van der Waals surface area contributed by atoms with Crippen molar-refractivity contribution < 1.29 is 0 Å². The second kappa shape index (κ2) is 4.67. The van der Waals surface area contributed by atoms with Crippen molar-refractivity contribution in [2.45, 2.75) is 46.7 Å². The second-order valence-corrected chi connectivity index (χ2v) is 5.88. The van der Waals surface area contributed by atoms with Crippen molar-refractivity contribution in [3.05, 3.63) is 33.3 Å². The molecule has 0 spiro atoms. The number of halogens is 1. The highest BCUT2D eigenvalue weighted by Crippen LogP contribution is 2.24.